The Kier molecular flexibility index (Phi) is 25.3. The van der Waals surface area contributed by atoms with Crippen molar-refractivity contribution in [3.8, 4) is 0 Å². The number of Topliss-reactive ketones (excluding diaryl/α,β-unsaturated/α-hetero) is 2. The van der Waals surface area contributed by atoms with Crippen molar-refractivity contribution in [3.63, 3.8) is 0 Å². The molecule has 0 aliphatic carbocycles. The number of carbonyl (C=O) groups excluding carboxylic acids is 9. The number of benzene rings is 4. The number of para-hydroxylation sites is 1. The first kappa shape index (κ1) is 66.4. The molecule has 4 aromatic heterocycles. The summed E-state index contributed by atoms with van der Waals surface area (Å²) in [6, 6.07) is 27.9. The first-order chi connectivity index (χ1) is 40.6. The van der Waals surface area contributed by atoms with Gasteiger partial charge in [0, 0.05) is 104 Å². The van der Waals surface area contributed by atoms with E-state index >= 15 is 0 Å². The van der Waals surface area contributed by atoms with E-state index in [0.717, 1.165) is 11.1 Å². The van der Waals surface area contributed by atoms with E-state index in [-0.39, 0.29) is 114 Å². The molecule has 85 heavy (non-hydrogen) atoms. The van der Waals surface area contributed by atoms with E-state index in [1.54, 1.807) is 113 Å². The summed E-state index contributed by atoms with van der Waals surface area (Å²) < 4.78 is 31.1. The summed E-state index contributed by atoms with van der Waals surface area (Å²) in [4.78, 5) is 116. The maximum absolute atomic E-state index is 14.2. The maximum atomic E-state index is 14.2. The summed E-state index contributed by atoms with van der Waals surface area (Å²) in [7, 11) is 0. The summed E-state index contributed by atoms with van der Waals surface area (Å²) >= 11 is 11.6. The predicted molar refractivity (Wildman–Crippen MR) is 312 cm³/mol. The van der Waals surface area contributed by atoms with Crippen LogP contribution in [0.2, 0.25) is 10.0 Å². The number of ketones is 2. The van der Waals surface area contributed by atoms with Crippen molar-refractivity contribution in [2.24, 2.45) is 5.73 Å². The number of pyridine rings is 2. The second-order valence-electron chi connectivity index (χ2n) is 19.3. The quantitative estimate of drug-likeness (QED) is 0.0540. The smallest absolute Gasteiger partial charge is 0.350 e. The third-order valence-corrected chi connectivity index (χ3v) is 13.2. The number of nitrogens with one attached hydrogen (secondary N) is 3. The van der Waals surface area contributed by atoms with Gasteiger partial charge in [-0.1, -0.05) is 77.8 Å². The molecule has 0 spiro atoms. The largest absolute Gasteiger partial charge is 0.373 e. The van der Waals surface area contributed by atoms with E-state index < -0.39 is 29.4 Å². The fourth-order valence-corrected chi connectivity index (χ4v) is 8.64. The molecule has 0 radical (unpaired) electrons. The molecule has 5 amide bonds. The molecule has 0 unspecified atom stereocenters. The Morgan fingerprint density at radius 1 is 0.588 bits per heavy atom. The van der Waals surface area contributed by atoms with Gasteiger partial charge in [0.2, 0.25) is 23.6 Å². The SMILES string of the molecule is CC(=O)c1nn(CC(=O)N(CC(=O)NCc2cccc(Cl)c2F)C(C)C)c2ccc(C(=O)NCc3cccnc3)cc12.CC(=O)c1nn(CC(=O)N(CC(=O)NCc2cccc(Cl)c2F)C(C)C)c2ccccc12.NCc1cccnc1.O=C=O. The van der Waals surface area contributed by atoms with Gasteiger partial charge in [-0.2, -0.15) is 19.8 Å². The van der Waals surface area contributed by atoms with E-state index in [4.69, 9.17) is 38.5 Å². The topological polar surface area (TPSA) is 284 Å². The maximum Gasteiger partial charge on any atom is 0.373 e. The Hall–Kier alpha value is -9.41. The minimum Gasteiger partial charge on any atom is -0.350 e. The van der Waals surface area contributed by atoms with Gasteiger partial charge in [-0.05, 0) is 87.4 Å². The molecule has 444 valence electrons. The minimum atomic E-state index is -0.614. The van der Waals surface area contributed by atoms with Crippen LogP contribution in [0.1, 0.15) is 95.1 Å². The van der Waals surface area contributed by atoms with Crippen LogP contribution >= 0.6 is 23.2 Å². The summed E-state index contributed by atoms with van der Waals surface area (Å²) in [6.45, 7) is 9.80. The molecule has 0 aliphatic rings. The van der Waals surface area contributed by atoms with Gasteiger partial charge in [-0.25, -0.2) is 8.78 Å². The number of hydrogen-bond acceptors (Lipinski definition) is 14. The highest BCUT2D eigenvalue weighted by Gasteiger charge is 2.26. The molecule has 4 aromatic carbocycles. The second kappa shape index (κ2) is 32.4. The third kappa shape index (κ3) is 19.1. The monoisotopic (exact) mass is 1200 g/mol. The van der Waals surface area contributed by atoms with E-state index in [2.05, 4.69) is 36.1 Å². The van der Waals surface area contributed by atoms with Gasteiger partial charge in [-0.15, -0.1) is 0 Å². The zero-order chi connectivity index (χ0) is 62.3. The Labute approximate surface area is 497 Å². The molecule has 5 N–H and O–H groups in total. The number of rotatable bonds is 20. The molecule has 0 saturated heterocycles. The lowest BCUT2D eigenvalue weighted by Crippen LogP contribution is -2.45. The van der Waals surface area contributed by atoms with Crippen LogP contribution in [0.3, 0.4) is 0 Å². The molecular formula is C60H62Cl2F2N12O9. The zero-order valence-electron chi connectivity index (χ0n) is 47.3. The lowest BCUT2D eigenvalue weighted by Gasteiger charge is -2.26. The first-order valence-corrected chi connectivity index (χ1v) is 27.1. The first-order valence-electron chi connectivity index (χ1n) is 26.3. The third-order valence-electron chi connectivity index (χ3n) is 12.6. The minimum absolute atomic E-state index is 0.0212. The van der Waals surface area contributed by atoms with E-state index in [1.165, 1.54) is 57.3 Å². The van der Waals surface area contributed by atoms with Crippen LogP contribution in [0.4, 0.5) is 8.78 Å². The van der Waals surface area contributed by atoms with Gasteiger partial charge >= 0.3 is 6.15 Å². The van der Waals surface area contributed by atoms with Crippen LogP contribution in [-0.2, 0) is 68.0 Å². The molecule has 0 aliphatic heterocycles. The number of amides is 5. The molecule has 8 rings (SSSR count). The van der Waals surface area contributed by atoms with Gasteiger partial charge in [-0.3, -0.25) is 52.9 Å². The fraction of sp³-hybridized carbons (Fsp3) is 0.267. The van der Waals surface area contributed by atoms with Crippen LogP contribution in [-0.4, -0.2) is 112 Å². The van der Waals surface area contributed by atoms with Gasteiger partial charge < -0.3 is 31.5 Å². The van der Waals surface area contributed by atoms with Crippen molar-refractivity contribution >= 4 is 92.3 Å². The summed E-state index contributed by atoms with van der Waals surface area (Å²) in [6.07, 6.45) is 7.05. The fourth-order valence-electron chi connectivity index (χ4n) is 8.25. The number of aromatic nitrogens is 6. The standard InChI is InChI=1S/C30H30ClFN6O4.C23H24ClFN4O3.C6H8N2.CO2/c1-18(2)37(16-26(40)34-15-22-7-4-8-24(31)28(22)32)27(41)17-38-25-10-9-21(12-23(25)29(36-38)19(3)39)30(42)35-14-20-6-5-11-33-13-20;1-14(2)28(12-20(31)26-11-16-7-6-9-18(24)22(16)25)21(32)13-29-19-10-5-4-8-17(19)23(27-29)15(3)30;7-4-6-2-1-3-8-5-6;2-1-3/h4-13,18H,14-17H2,1-3H3,(H,34,40)(H,35,42);4-10,14H,11-13H2,1-3H3,(H,26,31);1-3,5H,4,7H2;. The second-order valence-corrected chi connectivity index (χ2v) is 20.1. The highest BCUT2D eigenvalue weighted by atomic mass is 35.5. The molecular weight excluding hydrogens is 1140 g/mol. The average molecular weight is 1200 g/mol. The van der Waals surface area contributed by atoms with Crippen LogP contribution in [0, 0.1) is 11.6 Å². The Morgan fingerprint density at radius 2 is 1.05 bits per heavy atom. The van der Waals surface area contributed by atoms with E-state index in [0.29, 0.717) is 39.6 Å². The van der Waals surface area contributed by atoms with Crippen molar-refractivity contribution in [2.75, 3.05) is 13.1 Å². The Balaban J connectivity index is 0.000000269. The molecule has 0 fully saturated rings. The highest BCUT2D eigenvalue weighted by Crippen LogP contribution is 2.24. The number of hydrogen-bond donors (Lipinski definition) is 4. The van der Waals surface area contributed by atoms with Crippen LogP contribution in [0.25, 0.3) is 21.8 Å². The van der Waals surface area contributed by atoms with Gasteiger partial charge in [0.05, 0.1) is 34.2 Å². The molecule has 0 atom stereocenters. The normalized spacial score (nSPS) is 10.6. The van der Waals surface area contributed by atoms with Gasteiger partial charge in [0.1, 0.15) is 36.1 Å². The molecule has 25 heteroatoms. The van der Waals surface area contributed by atoms with E-state index in [9.17, 15) is 42.3 Å². The van der Waals surface area contributed by atoms with Crippen molar-refractivity contribution in [3.05, 3.63) is 189 Å². The lowest BCUT2D eigenvalue weighted by molar-refractivity contribution is -0.191. The Morgan fingerprint density at radius 3 is 1.48 bits per heavy atom. The van der Waals surface area contributed by atoms with Crippen LogP contribution < -0.4 is 21.7 Å². The van der Waals surface area contributed by atoms with Crippen molar-refractivity contribution in [1.29, 1.82) is 0 Å². The van der Waals surface area contributed by atoms with Gasteiger partial charge in [0.25, 0.3) is 5.91 Å². The predicted octanol–water partition coefficient (Wildman–Crippen LogP) is 7.45. The molecule has 21 nitrogen and oxygen atoms in total. The highest BCUT2D eigenvalue weighted by molar-refractivity contribution is 6.31. The lowest BCUT2D eigenvalue weighted by atomic mass is 10.1. The van der Waals surface area contributed by atoms with Crippen LogP contribution in [0.15, 0.2) is 128 Å². The van der Waals surface area contributed by atoms with Crippen molar-refractivity contribution < 1.29 is 51.9 Å². The molecule has 0 bridgehead atoms. The Bertz CT molecular complexity index is 3690. The summed E-state index contributed by atoms with van der Waals surface area (Å²) in [5.74, 6) is -3.70. The summed E-state index contributed by atoms with van der Waals surface area (Å²) in [5.41, 5.74) is 9.60. The average Bonchev–Trinajstić information content (AvgIpc) is 3.85. The van der Waals surface area contributed by atoms with Crippen molar-refractivity contribution in [1.82, 2.24) is 55.3 Å². The van der Waals surface area contributed by atoms with Gasteiger partial charge in [0.15, 0.2) is 11.6 Å². The number of nitrogens with zero attached hydrogens (tertiary/aromatic N) is 8. The summed E-state index contributed by atoms with van der Waals surface area (Å²) in [5, 5.41) is 17.8. The number of nitrogens with two attached hydrogens (primary N) is 1. The van der Waals surface area contributed by atoms with Crippen molar-refractivity contribution in [2.45, 2.75) is 92.9 Å². The molecule has 4 heterocycles. The van der Waals surface area contributed by atoms with Crippen LogP contribution in [0.5, 0.6) is 0 Å². The molecule has 0 saturated carbocycles. The number of fused-ring (bicyclic) bond motifs is 2. The number of carbonyl (C=O) groups is 7. The molecule has 8 aromatic rings. The van der Waals surface area contributed by atoms with E-state index in [1.807, 2.05) is 18.2 Å². The zero-order valence-corrected chi connectivity index (χ0v) is 48.8. The number of halogens is 4.